The first kappa shape index (κ1) is 30.2. The van der Waals surface area contributed by atoms with Gasteiger partial charge >= 0.3 is 11.9 Å². The lowest BCUT2D eigenvalue weighted by Crippen LogP contribution is -2.49. The van der Waals surface area contributed by atoms with E-state index in [-0.39, 0.29) is 25.3 Å². The van der Waals surface area contributed by atoms with Gasteiger partial charge in [0.05, 0.1) is 30.2 Å². The summed E-state index contributed by atoms with van der Waals surface area (Å²) in [6.45, 7) is 6.11. The lowest BCUT2D eigenvalue weighted by atomic mass is 9.92. The van der Waals surface area contributed by atoms with Gasteiger partial charge in [0.1, 0.15) is 11.9 Å². The maximum atomic E-state index is 15.6. The maximum Gasteiger partial charge on any atom is 0.338 e. The molecule has 5 rings (SSSR count). The summed E-state index contributed by atoms with van der Waals surface area (Å²) in [4.78, 5) is 37.5. The van der Waals surface area contributed by atoms with Gasteiger partial charge in [-0.05, 0) is 51.3 Å². The Bertz CT molecular complexity index is 1430. The number of thiazole rings is 1. The van der Waals surface area contributed by atoms with Gasteiger partial charge in [-0.15, -0.1) is 11.3 Å². The second-order valence-electron chi connectivity index (χ2n) is 11.5. The average Bonchev–Trinajstić information content (AvgIpc) is 3.65. The molecule has 0 spiro atoms. The number of halogens is 3. The van der Waals surface area contributed by atoms with Crippen molar-refractivity contribution in [2.45, 2.75) is 58.2 Å². The molecule has 3 aliphatic heterocycles. The van der Waals surface area contributed by atoms with Gasteiger partial charge in [0, 0.05) is 43.0 Å². The first-order chi connectivity index (χ1) is 19.8. The van der Waals surface area contributed by atoms with Crippen molar-refractivity contribution < 1.29 is 32.6 Å². The number of fused-ring (bicyclic) bond motifs is 1. The molecule has 2 saturated heterocycles. The molecular weight excluding hydrogens is 571 g/mol. The van der Waals surface area contributed by atoms with Crippen LogP contribution >= 0.6 is 11.3 Å². The number of aliphatic carboxylic acids is 1. The van der Waals surface area contributed by atoms with Crippen LogP contribution in [0.5, 0.6) is 0 Å². The number of esters is 1. The molecule has 2 fully saturated rings. The number of amidine groups is 1. The predicted octanol–water partition coefficient (Wildman–Crippen LogP) is 4.00. The minimum absolute atomic E-state index is 0.0102. The van der Waals surface area contributed by atoms with Crippen LogP contribution in [0.2, 0.25) is 0 Å². The van der Waals surface area contributed by atoms with Crippen LogP contribution in [-0.2, 0) is 14.3 Å². The van der Waals surface area contributed by atoms with Crippen molar-refractivity contribution in [3.8, 4) is 0 Å². The van der Waals surface area contributed by atoms with E-state index in [0.29, 0.717) is 40.6 Å². The number of nitrogens with one attached hydrogen (secondary N) is 1. The van der Waals surface area contributed by atoms with Crippen molar-refractivity contribution in [1.29, 1.82) is 0 Å². The smallest absolute Gasteiger partial charge is 0.338 e. The van der Waals surface area contributed by atoms with E-state index in [4.69, 9.17) is 9.73 Å². The van der Waals surface area contributed by atoms with Crippen molar-refractivity contribution >= 4 is 29.1 Å². The molecule has 0 unspecified atom stereocenters. The highest BCUT2D eigenvalue weighted by Crippen LogP contribution is 2.44. The minimum atomic E-state index is -3.11. The van der Waals surface area contributed by atoms with Gasteiger partial charge in [-0.1, -0.05) is 12.1 Å². The quantitative estimate of drug-likeness (QED) is 0.413. The van der Waals surface area contributed by atoms with E-state index in [2.05, 4.69) is 10.3 Å². The number of benzene rings is 1. The number of aromatic nitrogens is 1. The van der Waals surface area contributed by atoms with Crippen LogP contribution in [0.15, 0.2) is 46.0 Å². The number of carboxylic acids is 1. The normalized spacial score (nSPS) is 24.4. The van der Waals surface area contributed by atoms with E-state index in [0.717, 1.165) is 0 Å². The highest BCUT2D eigenvalue weighted by Gasteiger charge is 2.60. The fourth-order valence-electron chi connectivity index (χ4n) is 6.14. The molecular formula is C29H34F3N5O4S. The number of carboxylic acid groups (broad SMARTS) is 1. The highest BCUT2D eigenvalue weighted by atomic mass is 32.1. The van der Waals surface area contributed by atoms with Gasteiger partial charge in [-0.25, -0.2) is 22.9 Å². The molecule has 0 aliphatic carbocycles. The Morgan fingerprint density at radius 2 is 2.05 bits per heavy atom. The number of ether oxygens (including phenoxy) is 1. The lowest BCUT2D eigenvalue weighted by Gasteiger charge is -2.33. The summed E-state index contributed by atoms with van der Waals surface area (Å²) >= 11 is 1.32. The highest BCUT2D eigenvalue weighted by molar-refractivity contribution is 7.11. The Hall–Kier alpha value is -3.29. The van der Waals surface area contributed by atoms with Crippen molar-refractivity contribution in [3.63, 3.8) is 0 Å². The largest absolute Gasteiger partial charge is 0.481 e. The molecule has 3 atom stereocenters. The Kier molecular flexibility index (Phi) is 8.20. The Labute approximate surface area is 246 Å². The fraction of sp³-hybridized carbons (Fsp3) is 0.517. The summed E-state index contributed by atoms with van der Waals surface area (Å²) in [6, 6.07) is 1.86. The second-order valence-corrected chi connectivity index (χ2v) is 12.4. The minimum Gasteiger partial charge on any atom is -0.481 e. The van der Waals surface area contributed by atoms with Gasteiger partial charge in [0.2, 0.25) is 0 Å². The number of likely N-dealkylation sites (tertiary alicyclic amines) is 2. The van der Waals surface area contributed by atoms with Crippen LogP contribution in [0.3, 0.4) is 0 Å². The van der Waals surface area contributed by atoms with Crippen LogP contribution in [0, 0.1) is 18.2 Å². The zero-order chi connectivity index (χ0) is 30.4. The number of nitrogens with zero attached hydrogens (tertiary/aromatic N) is 4. The third-order valence-corrected chi connectivity index (χ3v) is 8.96. The Balaban J connectivity index is 1.55. The van der Waals surface area contributed by atoms with E-state index in [1.165, 1.54) is 37.3 Å². The molecule has 13 heteroatoms. The molecule has 42 heavy (non-hydrogen) atoms. The predicted molar refractivity (Wildman–Crippen MR) is 151 cm³/mol. The number of aliphatic imine (C=N–C) groups is 1. The van der Waals surface area contributed by atoms with Crippen molar-refractivity contribution in [2.24, 2.45) is 10.4 Å². The first-order valence-electron chi connectivity index (χ1n) is 13.8. The van der Waals surface area contributed by atoms with Crippen LogP contribution in [0.1, 0.15) is 49.4 Å². The van der Waals surface area contributed by atoms with Crippen molar-refractivity contribution in [1.82, 2.24) is 20.1 Å². The van der Waals surface area contributed by atoms with Crippen molar-refractivity contribution in [2.75, 3.05) is 32.8 Å². The summed E-state index contributed by atoms with van der Waals surface area (Å²) in [5.74, 6) is -4.94. The zero-order valence-electron chi connectivity index (χ0n) is 23.9. The molecule has 0 bridgehead atoms. The van der Waals surface area contributed by atoms with E-state index in [1.807, 2.05) is 0 Å². The van der Waals surface area contributed by atoms with Gasteiger partial charge in [-0.3, -0.25) is 19.6 Å². The van der Waals surface area contributed by atoms with E-state index < -0.39 is 53.8 Å². The first-order valence-corrected chi connectivity index (χ1v) is 14.7. The molecule has 0 amide bonds. The summed E-state index contributed by atoms with van der Waals surface area (Å²) < 4.78 is 51.3. The monoisotopic (exact) mass is 605 g/mol. The second kappa shape index (κ2) is 11.4. The summed E-state index contributed by atoms with van der Waals surface area (Å²) in [7, 11) is 0. The van der Waals surface area contributed by atoms with Gasteiger partial charge < -0.3 is 15.2 Å². The van der Waals surface area contributed by atoms with Crippen LogP contribution in [-0.4, -0.2) is 88.5 Å². The fourth-order valence-corrected chi connectivity index (χ4v) is 6.73. The number of hydrogen-bond acceptors (Lipinski definition) is 9. The average molecular weight is 606 g/mol. The Morgan fingerprint density at radius 3 is 2.71 bits per heavy atom. The third-order valence-electron chi connectivity index (χ3n) is 8.18. The number of hydrogen-bond donors (Lipinski definition) is 2. The summed E-state index contributed by atoms with van der Waals surface area (Å²) in [5, 5.41) is 15.1. The number of carbonyl (C=O) groups excluding carboxylic acids is 1. The number of alkyl halides is 2. The molecule has 2 N–H and O–H groups in total. The molecule has 3 aliphatic rings. The third kappa shape index (κ3) is 5.57. The topological polar surface area (TPSA) is 107 Å². The van der Waals surface area contributed by atoms with Gasteiger partial charge in [0.25, 0.3) is 5.92 Å². The SMILES string of the molecule is CCOC(=O)C1=C(CN2CC(F)(F)[C@H]3[C@@H]2CCN3CC(C)(C)C(=O)O)NC(c2nccs2)=N[C@H]1c1cccc(F)c1C. The number of carbonyl (C=O) groups is 2. The molecule has 1 aromatic carbocycles. The van der Waals surface area contributed by atoms with E-state index >= 15 is 8.78 Å². The summed E-state index contributed by atoms with van der Waals surface area (Å²) in [5.41, 5.74) is 0.0344. The molecule has 1 aromatic heterocycles. The number of rotatable bonds is 9. The standard InChI is InChI=1S/C29H34F3N5O4S/c1-5-41-26(38)21-19(13-37-15-29(31,32)23-20(37)9-11-36(23)14-28(3,4)27(39)40)34-24(25-33-10-12-42-25)35-22(21)17-7-6-8-18(30)16(17)2/h6-8,10,12,20,22-23H,5,9,11,13-15H2,1-4H3,(H,34,35)(H,39,40)/t20-,22-,23+/m0/s1. The van der Waals surface area contributed by atoms with E-state index in [9.17, 15) is 19.1 Å². The molecule has 4 heterocycles. The van der Waals surface area contributed by atoms with Crippen molar-refractivity contribution in [3.05, 3.63) is 63.0 Å². The van der Waals surface area contributed by atoms with Gasteiger partial charge in [-0.2, -0.15) is 0 Å². The molecule has 226 valence electrons. The molecule has 0 radical (unpaired) electrons. The molecule has 0 saturated carbocycles. The van der Waals surface area contributed by atoms with Gasteiger partial charge in [0.15, 0.2) is 10.8 Å². The van der Waals surface area contributed by atoms with Crippen LogP contribution in [0.4, 0.5) is 13.2 Å². The van der Waals surface area contributed by atoms with Crippen LogP contribution < -0.4 is 5.32 Å². The molecule has 2 aromatic rings. The summed E-state index contributed by atoms with van der Waals surface area (Å²) in [6.07, 6.45) is 2.02. The molecule has 9 nitrogen and oxygen atoms in total. The van der Waals surface area contributed by atoms with E-state index in [1.54, 1.807) is 41.3 Å². The zero-order valence-corrected chi connectivity index (χ0v) is 24.7. The van der Waals surface area contributed by atoms with Crippen LogP contribution in [0.25, 0.3) is 0 Å². The lowest BCUT2D eigenvalue weighted by molar-refractivity contribution is -0.149. The Morgan fingerprint density at radius 1 is 1.29 bits per heavy atom. The maximum absolute atomic E-state index is 15.6.